The first kappa shape index (κ1) is 56.3. The van der Waals surface area contributed by atoms with Gasteiger partial charge in [-0.05, 0) is 73.5 Å². The molecule has 0 spiro atoms. The van der Waals surface area contributed by atoms with Gasteiger partial charge in [-0.25, -0.2) is 16.8 Å². The van der Waals surface area contributed by atoms with Crippen LogP contribution < -0.4 is 56.5 Å². The fourth-order valence-electron chi connectivity index (χ4n) is 9.10. The number of fused-ring (bicyclic) bond motifs is 10. The summed E-state index contributed by atoms with van der Waals surface area (Å²) in [5, 5.41) is 10.1. The van der Waals surface area contributed by atoms with Crippen molar-refractivity contribution in [2.24, 2.45) is 14.1 Å². The molecular weight excluding hydrogens is 997 g/mol. The first-order valence-electron chi connectivity index (χ1n) is 23.4. The van der Waals surface area contributed by atoms with Crippen LogP contribution in [0.5, 0.6) is 57.5 Å². The smallest absolute Gasteiger partial charge is 0.221 e. The lowest BCUT2D eigenvalue weighted by Gasteiger charge is -2.16. The third-order valence-corrected chi connectivity index (χ3v) is 12.3. The molecule has 0 aliphatic carbocycles. The van der Waals surface area contributed by atoms with Gasteiger partial charge in [0.25, 0.3) is 0 Å². The van der Waals surface area contributed by atoms with E-state index in [-0.39, 0.29) is 0 Å². The second kappa shape index (κ2) is 24.4. The maximum absolute atomic E-state index is 9.08. The second-order valence-electron chi connectivity index (χ2n) is 17.3. The van der Waals surface area contributed by atoms with Gasteiger partial charge in [-0.1, -0.05) is 25.7 Å². The van der Waals surface area contributed by atoms with Crippen LogP contribution in [-0.2, 0) is 34.3 Å². The van der Waals surface area contributed by atoms with Crippen molar-refractivity contribution < 1.29 is 82.4 Å². The van der Waals surface area contributed by atoms with E-state index >= 15 is 0 Å². The zero-order valence-electron chi connectivity index (χ0n) is 43.8. The SMILES string of the molecule is COc1cc2c[n+](C)c3c4cc(OC)c(OC)cc4c(OCCCCCCCCOc4cc5c6cc(OC)c(OC)cc6c[n+](C)c5c5cc(OC)c(OC)cc45)cc3c2cc1OC.CS(=O)(=O)[O-].CS(=O)(=O)[O-]. The molecule has 0 bridgehead atoms. The molecule has 0 N–H and O–H groups in total. The summed E-state index contributed by atoms with van der Waals surface area (Å²) in [6, 6.07) is 20.5. The van der Waals surface area contributed by atoms with Gasteiger partial charge in [-0.15, -0.1) is 0 Å². The van der Waals surface area contributed by atoms with E-state index in [1.807, 2.05) is 48.5 Å². The summed E-state index contributed by atoms with van der Waals surface area (Å²) in [6.45, 7) is 1.17. The molecule has 20 heteroatoms. The van der Waals surface area contributed by atoms with Gasteiger partial charge in [0.15, 0.2) is 58.4 Å². The van der Waals surface area contributed by atoms with Crippen molar-refractivity contribution in [1.82, 2.24) is 0 Å². The van der Waals surface area contributed by atoms with Gasteiger partial charge in [0.2, 0.25) is 11.0 Å². The lowest BCUT2D eigenvalue weighted by Crippen LogP contribution is -2.28. The summed E-state index contributed by atoms with van der Waals surface area (Å²) in [6.07, 6.45) is 11.6. The molecule has 2 heterocycles. The molecule has 2 aromatic heterocycles. The quantitative estimate of drug-likeness (QED) is 0.0321. The van der Waals surface area contributed by atoms with E-state index < -0.39 is 20.2 Å². The minimum absolute atomic E-state index is 0.584. The summed E-state index contributed by atoms with van der Waals surface area (Å²) in [4.78, 5) is 0. The number of aryl methyl sites for hydroxylation is 2. The minimum Gasteiger partial charge on any atom is -0.748 e. The maximum Gasteiger partial charge on any atom is 0.221 e. The Morgan fingerprint density at radius 2 is 0.568 bits per heavy atom. The molecule has 0 radical (unpaired) electrons. The van der Waals surface area contributed by atoms with Crippen molar-refractivity contribution in [1.29, 1.82) is 0 Å². The minimum atomic E-state index is -3.92. The third kappa shape index (κ3) is 13.2. The van der Waals surface area contributed by atoms with Gasteiger partial charge in [-0.2, -0.15) is 9.13 Å². The average Bonchev–Trinajstić information content (AvgIpc) is 3.36. The number of pyridine rings is 2. The zero-order chi connectivity index (χ0) is 54.1. The number of unbranched alkanes of at least 4 members (excludes halogenated alkanes) is 5. The Morgan fingerprint density at radius 3 is 0.851 bits per heavy atom. The predicted molar refractivity (Wildman–Crippen MR) is 283 cm³/mol. The van der Waals surface area contributed by atoms with Crippen LogP contribution in [0.4, 0.5) is 0 Å². The van der Waals surface area contributed by atoms with E-state index in [2.05, 4.69) is 47.8 Å². The molecule has 18 nitrogen and oxygen atoms in total. The molecule has 8 aromatic rings. The van der Waals surface area contributed by atoms with E-state index in [9.17, 15) is 0 Å². The van der Waals surface area contributed by atoms with Crippen molar-refractivity contribution in [3.63, 3.8) is 0 Å². The molecule has 0 amide bonds. The maximum atomic E-state index is 9.08. The first-order valence-corrected chi connectivity index (χ1v) is 27.0. The Kier molecular flexibility index (Phi) is 18.5. The van der Waals surface area contributed by atoms with Gasteiger partial charge in [0, 0.05) is 34.1 Å². The van der Waals surface area contributed by atoms with Crippen molar-refractivity contribution in [2.75, 3.05) is 82.6 Å². The summed E-state index contributed by atoms with van der Waals surface area (Å²) >= 11 is 0. The normalized spacial score (nSPS) is 11.5. The Labute approximate surface area is 431 Å². The molecule has 0 atom stereocenters. The molecule has 74 heavy (non-hydrogen) atoms. The van der Waals surface area contributed by atoms with E-state index in [0.717, 1.165) is 115 Å². The van der Waals surface area contributed by atoms with Gasteiger partial charge in [0.1, 0.15) is 25.6 Å². The van der Waals surface area contributed by atoms with Crippen LogP contribution in [0.1, 0.15) is 38.5 Å². The molecule has 0 saturated carbocycles. The lowest BCUT2D eigenvalue weighted by molar-refractivity contribution is -0.642. The number of nitrogens with zero attached hydrogens (tertiary/aromatic N) is 2. The Balaban J connectivity index is 0.000000814. The Bertz CT molecular complexity index is 3320. The van der Waals surface area contributed by atoms with Crippen LogP contribution in [0.25, 0.3) is 64.9 Å². The number of hydrogen-bond acceptors (Lipinski definition) is 16. The number of benzene rings is 6. The summed E-state index contributed by atoms with van der Waals surface area (Å²) in [5.41, 5.74) is 2.09. The largest absolute Gasteiger partial charge is 0.748 e. The topological polar surface area (TPSA) is 214 Å². The van der Waals surface area contributed by atoms with Gasteiger partial charge >= 0.3 is 0 Å². The number of rotatable bonds is 19. The average molecular weight is 1060 g/mol. The van der Waals surface area contributed by atoms with E-state index in [1.165, 1.54) is 0 Å². The third-order valence-electron chi connectivity index (χ3n) is 12.3. The van der Waals surface area contributed by atoms with Gasteiger partial charge < -0.3 is 56.5 Å². The highest BCUT2D eigenvalue weighted by Gasteiger charge is 2.24. The van der Waals surface area contributed by atoms with Crippen LogP contribution in [0.3, 0.4) is 0 Å². The van der Waals surface area contributed by atoms with Crippen molar-refractivity contribution in [3.8, 4) is 57.5 Å². The highest BCUT2D eigenvalue weighted by atomic mass is 32.2. The second-order valence-corrected chi connectivity index (χ2v) is 20.2. The van der Waals surface area contributed by atoms with E-state index in [4.69, 9.17) is 73.3 Å². The molecule has 0 fully saturated rings. The number of hydrogen-bond donors (Lipinski definition) is 0. The number of methoxy groups -OCH3 is 8. The summed E-state index contributed by atoms with van der Waals surface area (Å²) in [5.74, 6) is 6.89. The van der Waals surface area contributed by atoms with Crippen LogP contribution >= 0.6 is 0 Å². The molecule has 8 rings (SSSR count). The van der Waals surface area contributed by atoms with Gasteiger partial charge in [0.05, 0.1) is 123 Å². The van der Waals surface area contributed by atoms with Crippen LogP contribution in [0, 0.1) is 0 Å². The summed E-state index contributed by atoms with van der Waals surface area (Å²) < 4.78 is 118. The molecule has 0 aliphatic heterocycles. The molecule has 0 aliphatic rings. The van der Waals surface area contributed by atoms with E-state index in [1.54, 1.807) is 56.9 Å². The van der Waals surface area contributed by atoms with Crippen LogP contribution in [-0.4, -0.2) is 109 Å². The monoisotopic (exact) mass is 1060 g/mol. The van der Waals surface area contributed by atoms with Crippen molar-refractivity contribution >= 4 is 85.1 Å². The number of aromatic nitrogens is 2. The molecule has 398 valence electrons. The fraction of sp³-hybridized carbons (Fsp3) is 0.370. The molecule has 6 aromatic carbocycles. The molecule has 0 unspecified atom stereocenters. The van der Waals surface area contributed by atoms with Crippen molar-refractivity contribution in [2.45, 2.75) is 38.5 Å². The van der Waals surface area contributed by atoms with E-state index in [0.29, 0.717) is 71.7 Å². The van der Waals surface area contributed by atoms with Gasteiger partial charge in [-0.3, -0.25) is 0 Å². The highest BCUT2D eigenvalue weighted by Crippen LogP contribution is 2.45. The predicted octanol–water partition coefficient (Wildman–Crippen LogP) is 8.44. The highest BCUT2D eigenvalue weighted by molar-refractivity contribution is 7.85. The van der Waals surface area contributed by atoms with Crippen LogP contribution in [0.15, 0.2) is 73.1 Å². The Morgan fingerprint density at radius 1 is 0.351 bits per heavy atom. The Hall–Kier alpha value is -7.00. The zero-order valence-corrected chi connectivity index (χ0v) is 45.5. The molecular formula is C54H64N2O16S2. The fourth-order valence-corrected chi connectivity index (χ4v) is 9.10. The summed E-state index contributed by atoms with van der Waals surface area (Å²) in [7, 11) is 9.53. The lowest BCUT2D eigenvalue weighted by atomic mass is 9.99. The standard InChI is InChI=1S/C52H58N2O10.2CH4O3S/c1-53-29-31-19-43(55-3)45(57-5)21-33(31)37-25-41(35-23-47(59-7)49(61-9)27-39(35)51(37)53)63-17-15-13-11-12-14-16-18-64-42-26-38-34-22-46(58-6)44(56-4)20-32(34)30-54(2)52(38)40-28-50(62-10)48(60-8)24-36(40)42;2*1-5(2,3)4/h19-30H,11-18H2,1-10H3;2*1H3,(H,2,3,4)/q+2;;/p-2. The first-order chi connectivity index (χ1) is 35.2. The van der Waals surface area contributed by atoms with Crippen LogP contribution in [0.2, 0.25) is 0 Å². The molecule has 0 saturated heterocycles. The van der Waals surface area contributed by atoms with Crippen molar-refractivity contribution in [3.05, 3.63) is 73.1 Å². The number of ether oxygens (including phenoxy) is 10.